The fourth-order valence-corrected chi connectivity index (χ4v) is 3.14. The molecule has 1 unspecified atom stereocenters. The molecule has 0 radical (unpaired) electrons. The van der Waals surface area contributed by atoms with Crippen LogP contribution in [-0.2, 0) is 4.79 Å². The van der Waals surface area contributed by atoms with Gasteiger partial charge in [-0.25, -0.2) is 0 Å². The van der Waals surface area contributed by atoms with Gasteiger partial charge in [0.2, 0.25) is 5.91 Å². The standard InChI is InChI=1S/C19H19ClN6O.ClH/c20-15-9-8-14(10-17(15)26-19(13-6-7-13)23-24-25-26)22-18(27)11-16(21)12-4-2-1-3-5-12;/h1-5,8-10,13,16H,6-7,11,21H2,(H,22,27);1H. The molecule has 3 N–H and O–H groups in total. The lowest BCUT2D eigenvalue weighted by Crippen LogP contribution is -2.20. The molecule has 1 aromatic heterocycles. The predicted molar refractivity (Wildman–Crippen MR) is 110 cm³/mol. The Labute approximate surface area is 173 Å². The molecule has 4 rings (SSSR count). The van der Waals surface area contributed by atoms with E-state index in [0.29, 0.717) is 22.3 Å². The van der Waals surface area contributed by atoms with Crippen molar-refractivity contribution in [2.75, 3.05) is 5.32 Å². The van der Waals surface area contributed by atoms with Crippen molar-refractivity contribution in [3.05, 3.63) is 64.9 Å². The SMILES string of the molecule is Cl.NC(CC(=O)Nc1ccc(Cl)c(-n2nnnc2C2CC2)c1)c1ccccc1. The fourth-order valence-electron chi connectivity index (χ4n) is 2.94. The number of carbonyl (C=O) groups excluding carboxylic acids is 1. The number of benzene rings is 2. The number of halogens is 2. The molecule has 28 heavy (non-hydrogen) atoms. The molecular formula is C19H20Cl2N6O. The number of nitrogens with zero attached hydrogens (tertiary/aromatic N) is 4. The van der Waals surface area contributed by atoms with Gasteiger partial charge in [0, 0.05) is 24.1 Å². The number of amides is 1. The lowest BCUT2D eigenvalue weighted by atomic mass is 10.0. The van der Waals surface area contributed by atoms with Crippen molar-refractivity contribution in [1.29, 1.82) is 0 Å². The van der Waals surface area contributed by atoms with Crippen molar-refractivity contribution in [2.24, 2.45) is 5.73 Å². The zero-order valence-electron chi connectivity index (χ0n) is 15.0. The predicted octanol–water partition coefficient (Wildman–Crippen LogP) is 3.64. The largest absolute Gasteiger partial charge is 0.326 e. The zero-order chi connectivity index (χ0) is 18.8. The molecule has 1 aliphatic carbocycles. The van der Waals surface area contributed by atoms with Crippen LogP contribution in [0.15, 0.2) is 48.5 Å². The molecule has 1 amide bonds. The maximum absolute atomic E-state index is 12.4. The molecule has 0 bridgehead atoms. The number of nitrogens with two attached hydrogens (primary N) is 1. The van der Waals surface area contributed by atoms with E-state index in [0.717, 1.165) is 24.2 Å². The van der Waals surface area contributed by atoms with Gasteiger partial charge in [-0.1, -0.05) is 41.9 Å². The van der Waals surface area contributed by atoms with Gasteiger partial charge in [-0.2, -0.15) is 4.68 Å². The number of anilines is 1. The summed E-state index contributed by atoms with van der Waals surface area (Å²) in [6.07, 6.45) is 2.33. The van der Waals surface area contributed by atoms with E-state index in [1.54, 1.807) is 22.9 Å². The molecule has 0 aliphatic heterocycles. The number of hydrogen-bond acceptors (Lipinski definition) is 5. The third-order valence-corrected chi connectivity index (χ3v) is 4.85. The maximum Gasteiger partial charge on any atom is 0.226 e. The Morgan fingerprint density at radius 1 is 1.25 bits per heavy atom. The van der Waals surface area contributed by atoms with E-state index in [1.807, 2.05) is 30.3 Å². The number of carbonyl (C=O) groups is 1. The molecule has 7 nitrogen and oxygen atoms in total. The van der Waals surface area contributed by atoms with Crippen LogP contribution >= 0.6 is 24.0 Å². The fraction of sp³-hybridized carbons (Fsp3) is 0.263. The lowest BCUT2D eigenvalue weighted by molar-refractivity contribution is -0.116. The minimum atomic E-state index is -0.362. The van der Waals surface area contributed by atoms with E-state index >= 15 is 0 Å². The van der Waals surface area contributed by atoms with Crippen molar-refractivity contribution < 1.29 is 4.79 Å². The highest BCUT2D eigenvalue weighted by molar-refractivity contribution is 6.32. The minimum Gasteiger partial charge on any atom is -0.326 e. The van der Waals surface area contributed by atoms with Crippen LogP contribution < -0.4 is 11.1 Å². The summed E-state index contributed by atoms with van der Waals surface area (Å²) in [7, 11) is 0. The van der Waals surface area contributed by atoms with Crippen LogP contribution in [0.2, 0.25) is 5.02 Å². The molecule has 0 spiro atoms. The molecule has 146 valence electrons. The van der Waals surface area contributed by atoms with E-state index in [1.165, 1.54) is 0 Å². The van der Waals surface area contributed by atoms with E-state index in [4.69, 9.17) is 17.3 Å². The van der Waals surface area contributed by atoms with Crippen LogP contribution in [0.3, 0.4) is 0 Å². The molecule has 9 heteroatoms. The van der Waals surface area contributed by atoms with E-state index in [9.17, 15) is 4.79 Å². The third kappa shape index (κ3) is 4.49. The summed E-state index contributed by atoms with van der Waals surface area (Å²) in [4.78, 5) is 12.4. The van der Waals surface area contributed by atoms with Gasteiger partial charge in [0.1, 0.15) is 0 Å². The molecule has 1 aliphatic rings. The summed E-state index contributed by atoms with van der Waals surface area (Å²) in [5.74, 6) is 1.00. The second-order valence-electron chi connectivity index (χ2n) is 6.66. The Morgan fingerprint density at radius 2 is 2.00 bits per heavy atom. The number of rotatable bonds is 6. The number of aromatic nitrogens is 4. The summed E-state index contributed by atoms with van der Waals surface area (Å²) in [5.41, 5.74) is 8.32. The molecule has 0 saturated heterocycles. The molecule has 1 atom stereocenters. The molecule has 1 heterocycles. The van der Waals surface area contributed by atoms with Crippen LogP contribution in [0.25, 0.3) is 5.69 Å². The average Bonchev–Trinajstić information content (AvgIpc) is 3.41. The Balaban J connectivity index is 0.00000225. The zero-order valence-corrected chi connectivity index (χ0v) is 16.5. The van der Waals surface area contributed by atoms with Gasteiger partial charge in [0.25, 0.3) is 0 Å². The van der Waals surface area contributed by atoms with Crippen molar-refractivity contribution in [2.45, 2.75) is 31.2 Å². The first-order chi connectivity index (χ1) is 13.1. The number of tetrazole rings is 1. The normalized spacial score (nSPS) is 14.2. The van der Waals surface area contributed by atoms with E-state index < -0.39 is 0 Å². The monoisotopic (exact) mass is 418 g/mol. The Morgan fingerprint density at radius 3 is 2.71 bits per heavy atom. The van der Waals surface area contributed by atoms with Gasteiger partial charge in [0.05, 0.1) is 10.7 Å². The van der Waals surface area contributed by atoms with Crippen LogP contribution in [-0.4, -0.2) is 26.1 Å². The lowest BCUT2D eigenvalue weighted by Gasteiger charge is -2.13. The van der Waals surface area contributed by atoms with Crippen LogP contribution in [0, 0.1) is 0 Å². The summed E-state index contributed by atoms with van der Waals surface area (Å²) >= 11 is 6.34. The second-order valence-corrected chi connectivity index (χ2v) is 7.07. The Hall–Kier alpha value is -2.48. The number of nitrogens with one attached hydrogen (secondary N) is 1. The summed E-state index contributed by atoms with van der Waals surface area (Å²) < 4.78 is 1.64. The summed E-state index contributed by atoms with van der Waals surface area (Å²) in [6, 6.07) is 14.4. The van der Waals surface area contributed by atoms with Crippen molar-refractivity contribution in [3.8, 4) is 5.69 Å². The maximum atomic E-state index is 12.4. The first-order valence-corrected chi connectivity index (χ1v) is 9.18. The van der Waals surface area contributed by atoms with Gasteiger partial charge in [-0.3, -0.25) is 4.79 Å². The van der Waals surface area contributed by atoms with Crippen molar-refractivity contribution in [3.63, 3.8) is 0 Å². The van der Waals surface area contributed by atoms with Gasteiger partial charge in [-0.05, 0) is 47.0 Å². The summed E-state index contributed by atoms with van der Waals surface area (Å²) in [5, 5.41) is 15.3. The van der Waals surface area contributed by atoms with Crippen molar-refractivity contribution >= 4 is 35.6 Å². The quantitative estimate of drug-likeness (QED) is 0.636. The van der Waals surface area contributed by atoms with E-state index in [-0.39, 0.29) is 30.8 Å². The van der Waals surface area contributed by atoms with Gasteiger partial charge in [0.15, 0.2) is 5.82 Å². The second kappa shape index (κ2) is 8.68. The van der Waals surface area contributed by atoms with Gasteiger partial charge < -0.3 is 11.1 Å². The molecule has 1 fully saturated rings. The Bertz CT molecular complexity index is 958. The molecule has 2 aromatic carbocycles. The van der Waals surface area contributed by atoms with E-state index in [2.05, 4.69) is 20.8 Å². The smallest absolute Gasteiger partial charge is 0.226 e. The van der Waals surface area contributed by atoms with Crippen LogP contribution in [0.4, 0.5) is 5.69 Å². The highest BCUT2D eigenvalue weighted by Gasteiger charge is 2.30. The van der Waals surface area contributed by atoms with Crippen LogP contribution in [0.1, 0.15) is 42.6 Å². The first kappa shape index (κ1) is 20.3. The minimum absolute atomic E-state index is 0. The Kier molecular flexibility index (Phi) is 6.28. The number of hydrogen-bond donors (Lipinski definition) is 2. The topological polar surface area (TPSA) is 98.7 Å². The van der Waals surface area contributed by atoms with Crippen LogP contribution in [0.5, 0.6) is 0 Å². The molecule has 3 aromatic rings. The van der Waals surface area contributed by atoms with Gasteiger partial charge in [-0.15, -0.1) is 17.5 Å². The van der Waals surface area contributed by atoms with Crippen molar-refractivity contribution in [1.82, 2.24) is 20.2 Å². The average molecular weight is 419 g/mol. The summed E-state index contributed by atoms with van der Waals surface area (Å²) in [6.45, 7) is 0. The molecule has 1 saturated carbocycles. The first-order valence-electron chi connectivity index (χ1n) is 8.80. The van der Waals surface area contributed by atoms with Gasteiger partial charge >= 0.3 is 0 Å². The highest BCUT2D eigenvalue weighted by Crippen LogP contribution is 2.40. The molecular weight excluding hydrogens is 399 g/mol. The third-order valence-electron chi connectivity index (χ3n) is 4.53. The highest BCUT2D eigenvalue weighted by atomic mass is 35.5.